The summed E-state index contributed by atoms with van der Waals surface area (Å²) in [5, 5.41) is 2.38. The first-order valence-electron chi connectivity index (χ1n) is 9.70. The van der Waals surface area contributed by atoms with Crippen molar-refractivity contribution in [3.05, 3.63) is 64.1 Å². The van der Waals surface area contributed by atoms with E-state index in [0.717, 1.165) is 18.2 Å². The third-order valence-electron chi connectivity index (χ3n) is 5.58. The normalized spacial score (nSPS) is 25.0. The molecule has 2 heterocycles. The van der Waals surface area contributed by atoms with Crippen molar-refractivity contribution in [3.8, 4) is 0 Å². The van der Waals surface area contributed by atoms with Gasteiger partial charge in [0.05, 0.1) is 0 Å². The summed E-state index contributed by atoms with van der Waals surface area (Å²) in [5.74, 6) is 0. The molecule has 1 nitrogen and oxygen atoms in total. The van der Waals surface area contributed by atoms with Gasteiger partial charge in [-0.25, -0.2) is 0 Å². The second-order valence-corrected chi connectivity index (χ2v) is 7.26. The molecule has 1 saturated heterocycles. The molecule has 0 radical (unpaired) electrons. The van der Waals surface area contributed by atoms with E-state index in [0.29, 0.717) is 12.1 Å². The Labute approximate surface area is 152 Å². The zero-order valence-corrected chi connectivity index (χ0v) is 16.0. The highest BCUT2D eigenvalue weighted by molar-refractivity contribution is 5.68. The van der Waals surface area contributed by atoms with Crippen molar-refractivity contribution in [1.29, 1.82) is 0 Å². The molecule has 2 unspecified atom stereocenters. The molecule has 2 atom stereocenters. The molecule has 1 aromatic carbocycles. The summed E-state index contributed by atoms with van der Waals surface area (Å²) in [4.78, 5) is 2.71. The van der Waals surface area contributed by atoms with Gasteiger partial charge in [-0.3, -0.25) is 4.90 Å². The third kappa shape index (κ3) is 3.88. The molecule has 25 heavy (non-hydrogen) atoms. The van der Waals surface area contributed by atoms with Crippen LogP contribution in [0.25, 0.3) is 18.2 Å². The predicted molar refractivity (Wildman–Crippen MR) is 111 cm³/mol. The fourth-order valence-electron chi connectivity index (χ4n) is 4.34. The Bertz CT molecular complexity index is 809. The summed E-state index contributed by atoms with van der Waals surface area (Å²) in [5.41, 5.74) is 4.34. The number of benzene rings is 1. The van der Waals surface area contributed by atoms with Crippen LogP contribution in [0.1, 0.15) is 52.0 Å². The largest absolute Gasteiger partial charge is 0.289 e. The Morgan fingerprint density at radius 1 is 1.28 bits per heavy atom. The SMILES string of the molecule is C=c1cc(C2=CC3CCC(C2)N3CC(C=CC)=CCC)ccc1=CC. The second kappa shape index (κ2) is 8.01. The Kier molecular flexibility index (Phi) is 5.75. The van der Waals surface area contributed by atoms with Crippen LogP contribution in [0, 0.1) is 0 Å². The Morgan fingerprint density at radius 2 is 2.12 bits per heavy atom. The van der Waals surface area contributed by atoms with Gasteiger partial charge in [-0.2, -0.15) is 0 Å². The van der Waals surface area contributed by atoms with Crippen LogP contribution in [0.3, 0.4) is 0 Å². The summed E-state index contributed by atoms with van der Waals surface area (Å²) in [6.07, 6.45) is 16.3. The minimum Gasteiger partial charge on any atom is -0.289 e. The Morgan fingerprint density at radius 3 is 2.76 bits per heavy atom. The first-order valence-corrected chi connectivity index (χ1v) is 9.70. The zero-order valence-electron chi connectivity index (χ0n) is 16.0. The summed E-state index contributed by atoms with van der Waals surface area (Å²) < 4.78 is 0. The Hall–Kier alpha value is -1.86. The van der Waals surface area contributed by atoms with Gasteiger partial charge in [-0.05, 0) is 72.7 Å². The lowest BCUT2D eigenvalue weighted by molar-refractivity contribution is 0.232. The van der Waals surface area contributed by atoms with Crippen molar-refractivity contribution in [2.75, 3.05) is 6.54 Å². The van der Waals surface area contributed by atoms with E-state index in [9.17, 15) is 0 Å². The molecule has 1 fully saturated rings. The van der Waals surface area contributed by atoms with Crippen molar-refractivity contribution in [2.45, 2.75) is 58.5 Å². The van der Waals surface area contributed by atoms with E-state index in [1.165, 1.54) is 41.2 Å². The Balaban J connectivity index is 1.83. The van der Waals surface area contributed by atoms with Gasteiger partial charge in [0.2, 0.25) is 0 Å². The van der Waals surface area contributed by atoms with Gasteiger partial charge in [0.25, 0.3) is 0 Å². The molecule has 1 aromatic rings. The summed E-state index contributed by atoms with van der Waals surface area (Å²) >= 11 is 0. The molecule has 0 N–H and O–H groups in total. The average molecular weight is 334 g/mol. The van der Waals surface area contributed by atoms with E-state index in [-0.39, 0.29) is 0 Å². The maximum Gasteiger partial charge on any atom is 0.0291 e. The van der Waals surface area contributed by atoms with E-state index in [1.54, 1.807) is 0 Å². The fourth-order valence-corrected chi connectivity index (χ4v) is 4.34. The zero-order chi connectivity index (χ0) is 17.8. The maximum absolute atomic E-state index is 4.21. The minimum atomic E-state index is 0.588. The predicted octanol–water partition coefficient (Wildman–Crippen LogP) is 4.43. The molecule has 0 aliphatic carbocycles. The molecule has 1 heteroatoms. The fraction of sp³-hybridized carbons (Fsp3) is 0.417. The number of nitrogens with zero attached hydrogens (tertiary/aromatic N) is 1. The van der Waals surface area contributed by atoms with Crippen LogP contribution < -0.4 is 10.4 Å². The maximum atomic E-state index is 4.21. The van der Waals surface area contributed by atoms with Crippen molar-refractivity contribution >= 4 is 18.2 Å². The molecule has 3 rings (SSSR count). The standard InChI is InChI=1S/C24H31N/c1-5-8-19(9-6-2)17-25-23-12-13-24(25)16-22(15-23)21-11-10-20(7-3)18(4)14-21/h5,7-11,14-15,23-24H,4,6,12-13,16-17H2,1-3H3. The number of allylic oxidation sites excluding steroid dienone is 2. The van der Waals surface area contributed by atoms with Crippen LogP contribution in [-0.4, -0.2) is 23.5 Å². The molecule has 2 bridgehead atoms. The van der Waals surface area contributed by atoms with Gasteiger partial charge in [0.15, 0.2) is 0 Å². The van der Waals surface area contributed by atoms with Crippen LogP contribution in [0.2, 0.25) is 0 Å². The van der Waals surface area contributed by atoms with Gasteiger partial charge in [-0.1, -0.05) is 56.0 Å². The van der Waals surface area contributed by atoms with Crippen LogP contribution in [0.4, 0.5) is 0 Å². The highest BCUT2D eigenvalue weighted by Crippen LogP contribution is 2.38. The summed E-state index contributed by atoms with van der Waals surface area (Å²) in [6.45, 7) is 11.7. The summed E-state index contributed by atoms with van der Waals surface area (Å²) in [6, 6.07) is 8.01. The topological polar surface area (TPSA) is 3.24 Å². The number of hydrogen-bond donors (Lipinski definition) is 0. The highest BCUT2D eigenvalue weighted by Gasteiger charge is 2.36. The molecular weight excluding hydrogens is 302 g/mol. The number of hydrogen-bond acceptors (Lipinski definition) is 1. The second-order valence-electron chi connectivity index (χ2n) is 7.26. The van der Waals surface area contributed by atoms with E-state index < -0.39 is 0 Å². The monoisotopic (exact) mass is 333 g/mol. The van der Waals surface area contributed by atoms with Crippen molar-refractivity contribution in [2.24, 2.45) is 0 Å². The lowest BCUT2D eigenvalue weighted by Gasteiger charge is -2.34. The van der Waals surface area contributed by atoms with Crippen LogP contribution in [0.15, 0.2) is 48.1 Å². The minimum absolute atomic E-state index is 0.588. The van der Waals surface area contributed by atoms with E-state index >= 15 is 0 Å². The lowest BCUT2D eigenvalue weighted by Crippen LogP contribution is -2.39. The first-order chi connectivity index (χ1) is 12.2. The third-order valence-corrected chi connectivity index (χ3v) is 5.58. The molecule has 0 spiro atoms. The lowest BCUT2D eigenvalue weighted by atomic mass is 9.93. The smallest absolute Gasteiger partial charge is 0.0291 e. The number of rotatable bonds is 5. The van der Waals surface area contributed by atoms with Crippen LogP contribution in [0.5, 0.6) is 0 Å². The van der Waals surface area contributed by atoms with Gasteiger partial charge < -0.3 is 0 Å². The van der Waals surface area contributed by atoms with Gasteiger partial charge in [0, 0.05) is 18.6 Å². The van der Waals surface area contributed by atoms with Crippen molar-refractivity contribution < 1.29 is 0 Å². The van der Waals surface area contributed by atoms with E-state index in [2.05, 4.69) is 80.8 Å². The molecule has 0 saturated carbocycles. The van der Waals surface area contributed by atoms with Gasteiger partial charge in [-0.15, -0.1) is 0 Å². The molecule has 132 valence electrons. The van der Waals surface area contributed by atoms with Gasteiger partial charge >= 0.3 is 0 Å². The van der Waals surface area contributed by atoms with Gasteiger partial charge in [0.1, 0.15) is 0 Å². The summed E-state index contributed by atoms with van der Waals surface area (Å²) in [7, 11) is 0. The average Bonchev–Trinajstić information content (AvgIpc) is 2.83. The molecule has 0 amide bonds. The molecule has 0 aromatic heterocycles. The quantitative estimate of drug-likeness (QED) is 0.721. The number of fused-ring (bicyclic) bond motifs is 2. The van der Waals surface area contributed by atoms with Crippen molar-refractivity contribution in [3.63, 3.8) is 0 Å². The van der Waals surface area contributed by atoms with E-state index in [1.807, 2.05) is 0 Å². The molecule has 2 aliphatic rings. The van der Waals surface area contributed by atoms with E-state index in [4.69, 9.17) is 0 Å². The van der Waals surface area contributed by atoms with Crippen molar-refractivity contribution in [1.82, 2.24) is 4.90 Å². The van der Waals surface area contributed by atoms with Crippen LogP contribution in [-0.2, 0) is 0 Å². The molecular formula is C24H31N. The highest BCUT2D eigenvalue weighted by atomic mass is 15.2. The first kappa shape index (κ1) is 17.9. The van der Waals surface area contributed by atoms with Crippen LogP contribution >= 0.6 is 0 Å². The molecule has 2 aliphatic heterocycles.